The SMILES string of the molecule is CCCC(O)C(CC)N(CC)C(C)COC. The van der Waals surface area contributed by atoms with Crippen molar-refractivity contribution in [2.75, 3.05) is 20.3 Å². The Bertz CT molecular complexity index is 146. The van der Waals surface area contributed by atoms with E-state index in [-0.39, 0.29) is 12.1 Å². The largest absolute Gasteiger partial charge is 0.391 e. The van der Waals surface area contributed by atoms with Gasteiger partial charge >= 0.3 is 0 Å². The van der Waals surface area contributed by atoms with Crippen LogP contribution in [0.3, 0.4) is 0 Å². The van der Waals surface area contributed by atoms with Gasteiger partial charge in [-0.3, -0.25) is 4.90 Å². The predicted molar refractivity (Wildman–Crippen MR) is 68.7 cm³/mol. The summed E-state index contributed by atoms with van der Waals surface area (Å²) in [6.07, 6.45) is 2.69. The van der Waals surface area contributed by atoms with Gasteiger partial charge in [0.15, 0.2) is 0 Å². The van der Waals surface area contributed by atoms with E-state index in [9.17, 15) is 5.11 Å². The zero-order chi connectivity index (χ0) is 12.6. The van der Waals surface area contributed by atoms with Crippen LogP contribution in [0.25, 0.3) is 0 Å². The van der Waals surface area contributed by atoms with Crippen LogP contribution < -0.4 is 0 Å². The van der Waals surface area contributed by atoms with E-state index in [2.05, 4.69) is 32.6 Å². The fourth-order valence-corrected chi connectivity index (χ4v) is 2.43. The van der Waals surface area contributed by atoms with Gasteiger partial charge < -0.3 is 9.84 Å². The first-order chi connectivity index (χ1) is 7.62. The zero-order valence-corrected chi connectivity index (χ0v) is 11.6. The number of nitrogens with zero attached hydrogens (tertiary/aromatic N) is 1. The van der Waals surface area contributed by atoms with E-state index < -0.39 is 0 Å². The van der Waals surface area contributed by atoms with E-state index in [1.807, 2.05) is 0 Å². The molecule has 3 heteroatoms. The van der Waals surface area contributed by atoms with Gasteiger partial charge in [-0.1, -0.05) is 27.2 Å². The molecule has 1 N–H and O–H groups in total. The van der Waals surface area contributed by atoms with Gasteiger partial charge in [0, 0.05) is 19.2 Å². The zero-order valence-electron chi connectivity index (χ0n) is 11.6. The molecule has 98 valence electrons. The third-order valence-electron chi connectivity index (χ3n) is 3.21. The average molecular weight is 231 g/mol. The van der Waals surface area contributed by atoms with Crippen molar-refractivity contribution >= 4 is 0 Å². The molecule has 0 aliphatic heterocycles. The van der Waals surface area contributed by atoms with Crippen LogP contribution in [0.4, 0.5) is 0 Å². The summed E-state index contributed by atoms with van der Waals surface area (Å²) in [5.41, 5.74) is 0. The molecule has 0 fully saturated rings. The number of aliphatic hydroxyl groups is 1. The highest BCUT2D eigenvalue weighted by atomic mass is 16.5. The van der Waals surface area contributed by atoms with Crippen LogP contribution in [0.15, 0.2) is 0 Å². The molecule has 3 atom stereocenters. The Kier molecular flexibility index (Phi) is 8.90. The second-order valence-corrected chi connectivity index (χ2v) is 4.47. The standard InChI is InChI=1S/C13H29NO2/c1-6-9-13(15)12(7-2)14(8-3)11(4)10-16-5/h11-13,15H,6-10H2,1-5H3. The first-order valence-corrected chi connectivity index (χ1v) is 6.54. The second kappa shape index (κ2) is 8.97. The Balaban J connectivity index is 4.47. The van der Waals surface area contributed by atoms with Gasteiger partial charge in [0.25, 0.3) is 0 Å². The second-order valence-electron chi connectivity index (χ2n) is 4.47. The lowest BCUT2D eigenvalue weighted by atomic mass is 10.0. The van der Waals surface area contributed by atoms with Crippen molar-refractivity contribution in [1.29, 1.82) is 0 Å². The van der Waals surface area contributed by atoms with Crippen molar-refractivity contribution in [3.63, 3.8) is 0 Å². The minimum Gasteiger partial charge on any atom is -0.391 e. The molecule has 0 aliphatic rings. The lowest BCUT2D eigenvalue weighted by Crippen LogP contribution is -2.49. The molecular formula is C13H29NO2. The molecule has 0 aliphatic carbocycles. The van der Waals surface area contributed by atoms with Crippen molar-refractivity contribution in [1.82, 2.24) is 4.90 Å². The number of methoxy groups -OCH3 is 1. The fourth-order valence-electron chi connectivity index (χ4n) is 2.43. The molecule has 0 radical (unpaired) electrons. The minimum atomic E-state index is -0.214. The highest BCUT2D eigenvalue weighted by Gasteiger charge is 2.26. The number of likely N-dealkylation sites (N-methyl/N-ethyl adjacent to an activating group) is 1. The number of hydrogen-bond donors (Lipinski definition) is 1. The molecule has 16 heavy (non-hydrogen) atoms. The Morgan fingerprint density at radius 1 is 1.25 bits per heavy atom. The van der Waals surface area contributed by atoms with Crippen molar-refractivity contribution in [3.05, 3.63) is 0 Å². The predicted octanol–water partition coefficient (Wildman–Crippen LogP) is 2.28. The lowest BCUT2D eigenvalue weighted by molar-refractivity contribution is 0.00264. The van der Waals surface area contributed by atoms with Gasteiger partial charge in [-0.25, -0.2) is 0 Å². The van der Waals surface area contributed by atoms with E-state index in [1.54, 1.807) is 7.11 Å². The van der Waals surface area contributed by atoms with E-state index >= 15 is 0 Å². The van der Waals surface area contributed by atoms with Crippen LogP contribution in [0.2, 0.25) is 0 Å². The molecule has 0 aromatic rings. The van der Waals surface area contributed by atoms with Crippen molar-refractivity contribution in [2.24, 2.45) is 0 Å². The quantitative estimate of drug-likeness (QED) is 0.661. The average Bonchev–Trinajstić information content (AvgIpc) is 2.25. The molecule has 0 heterocycles. The summed E-state index contributed by atoms with van der Waals surface area (Å²) in [6.45, 7) is 10.3. The van der Waals surface area contributed by atoms with Gasteiger partial charge in [-0.2, -0.15) is 0 Å². The Morgan fingerprint density at radius 3 is 2.25 bits per heavy atom. The van der Waals surface area contributed by atoms with E-state index in [1.165, 1.54) is 0 Å². The normalized spacial score (nSPS) is 17.4. The molecule has 0 rings (SSSR count). The molecule has 0 amide bonds. The first kappa shape index (κ1) is 15.9. The monoisotopic (exact) mass is 231 g/mol. The minimum absolute atomic E-state index is 0.214. The Hall–Kier alpha value is -0.120. The molecule has 0 aromatic heterocycles. The highest BCUT2D eigenvalue weighted by Crippen LogP contribution is 2.16. The maximum absolute atomic E-state index is 10.1. The van der Waals surface area contributed by atoms with Gasteiger partial charge in [-0.15, -0.1) is 0 Å². The first-order valence-electron chi connectivity index (χ1n) is 6.54. The molecule has 0 bridgehead atoms. The number of hydrogen-bond acceptors (Lipinski definition) is 3. The summed E-state index contributed by atoms with van der Waals surface area (Å²) < 4.78 is 5.20. The van der Waals surface area contributed by atoms with Gasteiger partial charge in [-0.05, 0) is 26.3 Å². The molecule has 0 aromatic carbocycles. The van der Waals surface area contributed by atoms with Crippen molar-refractivity contribution < 1.29 is 9.84 Å². The van der Waals surface area contributed by atoms with Crippen molar-refractivity contribution in [3.8, 4) is 0 Å². The molecule has 3 unspecified atom stereocenters. The molecule has 0 saturated carbocycles. The highest BCUT2D eigenvalue weighted by molar-refractivity contribution is 4.80. The molecular weight excluding hydrogens is 202 g/mol. The summed E-state index contributed by atoms with van der Waals surface area (Å²) in [5.74, 6) is 0. The summed E-state index contributed by atoms with van der Waals surface area (Å²) >= 11 is 0. The third-order valence-corrected chi connectivity index (χ3v) is 3.21. The topological polar surface area (TPSA) is 32.7 Å². The number of aliphatic hydroxyl groups excluding tert-OH is 1. The smallest absolute Gasteiger partial charge is 0.0695 e. The van der Waals surface area contributed by atoms with Crippen LogP contribution in [0.1, 0.15) is 47.0 Å². The fraction of sp³-hybridized carbons (Fsp3) is 1.00. The molecule has 0 saturated heterocycles. The van der Waals surface area contributed by atoms with Crippen LogP contribution in [0, 0.1) is 0 Å². The van der Waals surface area contributed by atoms with Crippen LogP contribution in [0.5, 0.6) is 0 Å². The van der Waals surface area contributed by atoms with E-state index in [0.29, 0.717) is 6.04 Å². The van der Waals surface area contributed by atoms with E-state index in [0.717, 1.165) is 32.4 Å². The van der Waals surface area contributed by atoms with E-state index in [4.69, 9.17) is 4.74 Å². The maximum Gasteiger partial charge on any atom is 0.0695 e. The third kappa shape index (κ3) is 4.81. The summed E-state index contributed by atoms with van der Waals surface area (Å²) in [5, 5.41) is 10.1. The van der Waals surface area contributed by atoms with Gasteiger partial charge in [0.05, 0.1) is 12.7 Å². The van der Waals surface area contributed by atoms with Gasteiger partial charge in [0.1, 0.15) is 0 Å². The van der Waals surface area contributed by atoms with Crippen LogP contribution in [-0.4, -0.2) is 48.5 Å². The number of ether oxygens (including phenoxy) is 1. The Labute approximate surface area is 101 Å². The number of rotatable bonds is 9. The Morgan fingerprint density at radius 2 is 1.88 bits per heavy atom. The van der Waals surface area contributed by atoms with Crippen LogP contribution >= 0.6 is 0 Å². The summed E-state index contributed by atoms with van der Waals surface area (Å²) in [6, 6.07) is 0.626. The summed E-state index contributed by atoms with van der Waals surface area (Å²) in [7, 11) is 1.73. The molecule has 3 nitrogen and oxygen atoms in total. The van der Waals surface area contributed by atoms with Crippen LogP contribution in [-0.2, 0) is 4.74 Å². The molecule has 0 spiro atoms. The van der Waals surface area contributed by atoms with Crippen molar-refractivity contribution in [2.45, 2.75) is 65.1 Å². The van der Waals surface area contributed by atoms with Gasteiger partial charge in [0.2, 0.25) is 0 Å². The summed E-state index contributed by atoms with van der Waals surface area (Å²) in [4.78, 5) is 2.35. The maximum atomic E-state index is 10.1. The lowest BCUT2D eigenvalue weighted by Gasteiger charge is -2.37.